The molecule has 1 amide bonds. The summed E-state index contributed by atoms with van der Waals surface area (Å²) in [6, 6.07) is 21.2. The number of nitrogens with two attached hydrogens (primary N) is 1. The monoisotopic (exact) mass is 533 g/mol. The number of benzene rings is 2. The molecule has 9 nitrogen and oxygen atoms in total. The second kappa shape index (κ2) is 9.91. The standard InChI is InChI=1S/C31H31N7O2/c1-40-31(39)37-15-13-36(14-16-37)24-17-23(18-24)30-35-27(28-29(32)33-11-12-38(28)30)22-8-7-21-9-10-25(34-26(21)19-22)20-5-3-2-4-6-20/h2-12,19,23-24H,13-18H2,1H3,(H2,32,33). The van der Waals surface area contributed by atoms with Crippen LogP contribution in [0.2, 0.25) is 0 Å². The number of nitrogens with zero attached hydrogens (tertiary/aromatic N) is 6. The maximum absolute atomic E-state index is 11.8. The first-order chi connectivity index (χ1) is 19.6. The fourth-order valence-electron chi connectivity index (χ4n) is 6.11. The summed E-state index contributed by atoms with van der Waals surface area (Å²) in [4.78, 5) is 30.7. The van der Waals surface area contributed by atoms with Crippen LogP contribution in [-0.2, 0) is 4.74 Å². The lowest BCUT2D eigenvalue weighted by atomic mass is 9.78. The highest BCUT2D eigenvalue weighted by molar-refractivity contribution is 5.91. The van der Waals surface area contributed by atoms with Crippen LogP contribution < -0.4 is 5.73 Å². The quantitative estimate of drug-likeness (QED) is 0.353. The first-order valence-corrected chi connectivity index (χ1v) is 13.7. The van der Waals surface area contributed by atoms with Crippen molar-refractivity contribution in [3.8, 4) is 22.5 Å². The van der Waals surface area contributed by atoms with E-state index in [0.717, 1.165) is 70.7 Å². The van der Waals surface area contributed by atoms with Gasteiger partial charge in [0, 0.05) is 67.0 Å². The molecular formula is C31H31N7O2. The highest BCUT2D eigenvalue weighted by atomic mass is 16.5. The summed E-state index contributed by atoms with van der Waals surface area (Å²) < 4.78 is 6.99. The number of rotatable bonds is 4. The lowest BCUT2D eigenvalue weighted by molar-refractivity contribution is 0.0446. The number of pyridine rings is 1. The van der Waals surface area contributed by atoms with Gasteiger partial charge < -0.3 is 15.4 Å². The second-order valence-electron chi connectivity index (χ2n) is 10.6. The lowest BCUT2D eigenvalue weighted by Crippen LogP contribution is -2.54. The smallest absolute Gasteiger partial charge is 0.409 e. The molecule has 7 rings (SSSR count). The van der Waals surface area contributed by atoms with Crippen LogP contribution in [-0.4, -0.2) is 74.6 Å². The van der Waals surface area contributed by atoms with Gasteiger partial charge in [-0.2, -0.15) is 0 Å². The van der Waals surface area contributed by atoms with Crippen molar-refractivity contribution in [3.63, 3.8) is 0 Å². The zero-order valence-corrected chi connectivity index (χ0v) is 22.4. The summed E-state index contributed by atoms with van der Waals surface area (Å²) in [6.07, 6.45) is 5.52. The molecule has 1 saturated heterocycles. The summed E-state index contributed by atoms with van der Waals surface area (Å²) in [5.74, 6) is 1.82. The molecule has 0 unspecified atom stereocenters. The van der Waals surface area contributed by atoms with Crippen LogP contribution in [0.15, 0.2) is 73.1 Å². The van der Waals surface area contributed by atoms with E-state index >= 15 is 0 Å². The molecule has 2 fully saturated rings. The molecule has 2 aliphatic rings. The number of aromatic nitrogens is 4. The van der Waals surface area contributed by atoms with Crippen molar-refractivity contribution in [2.24, 2.45) is 0 Å². The van der Waals surface area contributed by atoms with E-state index in [-0.39, 0.29) is 6.09 Å². The number of methoxy groups -OCH3 is 1. The van der Waals surface area contributed by atoms with Gasteiger partial charge in [-0.05, 0) is 25.0 Å². The van der Waals surface area contributed by atoms with Gasteiger partial charge in [-0.25, -0.2) is 19.7 Å². The predicted octanol–water partition coefficient (Wildman–Crippen LogP) is 4.82. The highest BCUT2D eigenvalue weighted by Crippen LogP contribution is 2.42. The Morgan fingerprint density at radius 2 is 1.73 bits per heavy atom. The number of nitrogen functional groups attached to an aromatic ring is 1. The highest BCUT2D eigenvalue weighted by Gasteiger charge is 2.39. The number of ether oxygens (including phenoxy) is 1. The lowest BCUT2D eigenvalue weighted by Gasteiger charge is -2.45. The van der Waals surface area contributed by atoms with Crippen LogP contribution in [0.4, 0.5) is 10.6 Å². The minimum Gasteiger partial charge on any atom is -0.453 e. The number of imidazole rings is 1. The third kappa shape index (κ3) is 4.23. The number of fused-ring (bicyclic) bond motifs is 2. The molecule has 4 heterocycles. The van der Waals surface area contributed by atoms with Gasteiger partial charge in [0.15, 0.2) is 0 Å². The average Bonchev–Trinajstić information content (AvgIpc) is 3.37. The Bertz CT molecular complexity index is 1700. The van der Waals surface area contributed by atoms with Gasteiger partial charge in [0.1, 0.15) is 22.9 Å². The van der Waals surface area contributed by atoms with Gasteiger partial charge >= 0.3 is 6.09 Å². The van der Waals surface area contributed by atoms with Crippen molar-refractivity contribution in [2.75, 3.05) is 39.0 Å². The Kier molecular flexibility index (Phi) is 6.08. The first-order valence-electron chi connectivity index (χ1n) is 13.7. The Hall–Kier alpha value is -4.50. The Balaban J connectivity index is 1.17. The number of carbonyl (C=O) groups excluding carboxylic acids is 1. The molecule has 0 bridgehead atoms. The zero-order valence-electron chi connectivity index (χ0n) is 22.4. The zero-order chi connectivity index (χ0) is 27.2. The van der Waals surface area contributed by atoms with E-state index < -0.39 is 0 Å². The average molecular weight is 534 g/mol. The minimum absolute atomic E-state index is 0.242. The number of anilines is 1. The molecule has 0 atom stereocenters. The Morgan fingerprint density at radius 1 is 0.950 bits per heavy atom. The summed E-state index contributed by atoms with van der Waals surface area (Å²) in [5.41, 5.74) is 12.0. The number of hydrogen-bond acceptors (Lipinski definition) is 7. The largest absolute Gasteiger partial charge is 0.453 e. The van der Waals surface area contributed by atoms with E-state index in [1.807, 2.05) is 24.4 Å². The Morgan fingerprint density at radius 3 is 2.50 bits per heavy atom. The SMILES string of the molecule is COC(=O)N1CCN(C2CC(c3nc(-c4ccc5ccc(-c6ccccc6)nc5c4)c4c(N)nccn34)C2)CC1. The van der Waals surface area contributed by atoms with Crippen LogP contribution in [0, 0.1) is 0 Å². The van der Waals surface area contributed by atoms with Gasteiger partial charge in [0.05, 0.1) is 18.3 Å². The van der Waals surface area contributed by atoms with Crippen molar-refractivity contribution < 1.29 is 9.53 Å². The number of hydrogen-bond donors (Lipinski definition) is 1. The summed E-state index contributed by atoms with van der Waals surface area (Å²) in [6.45, 7) is 3.14. The fraction of sp³-hybridized carbons (Fsp3) is 0.290. The van der Waals surface area contributed by atoms with E-state index in [1.165, 1.54) is 7.11 Å². The molecule has 1 aliphatic carbocycles. The van der Waals surface area contributed by atoms with E-state index in [0.29, 0.717) is 30.9 Å². The number of piperazine rings is 1. The summed E-state index contributed by atoms with van der Waals surface area (Å²) >= 11 is 0. The molecule has 202 valence electrons. The van der Waals surface area contributed by atoms with Crippen molar-refractivity contribution in [2.45, 2.75) is 24.8 Å². The number of amides is 1. The maximum Gasteiger partial charge on any atom is 0.409 e. The minimum atomic E-state index is -0.242. The normalized spacial score (nSPS) is 19.6. The third-order valence-corrected chi connectivity index (χ3v) is 8.39. The van der Waals surface area contributed by atoms with Gasteiger partial charge in [-0.1, -0.05) is 48.5 Å². The predicted molar refractivity (Wildman–Crippen MR) is 155 cm³/mol. The fourth-order valence-corrected chi connectivity index (χ4v) is 6.11. The molecule has 5 aromatic rings. The van der Waals surface area contributed by atoms with E-state index in [2.05, 4.69) is 56.7 Å². The van der Waals surface area contributed by atoms with Gasteiger partial charge in [-0.15, -0.1) is 0 Å². The van der Waals surface area contributed by atoms with Crippen LogP contribution in [0.1, 0.15) is 24.6 Å². The van der Waals surface area contributed by atoms with Crippen LogP contribution in [0.5, 0.6) is 0 Å². The molecule has 1 saturated carbocycles. The topological polar surface area (TPSA) is 102 Å². The van der Waals surface area contributed by atoms with Crippen molar-refractivity contribution >= 4 is 28.3 Å². The summed E-state index contributed by atoms with van der Waals surface area (Å²) in [5, 5.41) is 1.08. The van der Waals surface area contributed by atoms with Gasteiger partial charge in [0.25, 0.3) is 0 Å². The first kappa shape index (κ1) is 24.5. The third-order valence-electron chi connectivity index (χ3n) is 8.39. The molecule has 0 spiro atoms. The Labute approximate surface area is 232 Å². The molecule has 2 N–H and O–H groups in total. The molecule has 40 heavy (non-hydrogen) atoms. The molecular weight excluding hydrogens is 502 g/mol. The summed E-state index contributed by atoms with van der Waals surface area (Å²) in [7, 11) is 1.44. The van der Waals surface area contributed by atoms with Crippen molar-refractivity contribution in [1.82, 2.24) is 29.2 Å². The maximum atomic E-state index is 11.8. The molecule has 1 aliphatic heterocycles. The van der Waals surface area contributed by atoms with Crippen LogP contribution in [0.25, 0.3) is 38.9 Å². The van der Waals surface area contributed by atoms with Crippen molar-refractivity contribution in [1.29, 1.82) is 0 Å². The van der Waals surface area contributed by atoms with Crippen molar-refractivity contribution in [3.05, 3.63) is 78.9 Å². The second-order valence-corrected chi connectivity index (χ2v) is 10.6. The molecule has 0 radical (unpaired) electrons. The van der Waals surface area contributed by atoms with Crippen LogP contribution in [0.3, 0.4) is 0 Å². The number of carbonyl (C=O) groups is 1. The molecule has 9 heteroatoms. The van der Waals surface area contributed by atoms with E-state index in [9.17, 15) is 4.79 Å². The molecule has 3 aromatic heterocycles. The van der Waals surface area contributed by atoms with E-state index in [1.54, 1.807) is 11.1 Å². The molecule has 2 aromatic carbocycles. The van der Waals surface area contributed by atoms with Gasteiger partial charge in [-0.3, -0.25) is 9.30 Å². The van der Waals surface area contributed by atoms with Gasteiger partial charge in [0.2, 0.25) is 0 Å². The van der Waals surface area contributed by atoms with E-state index in [4.69, 9.17) is 20.4 Å². The van der Waals surface area contributed by atoms with Crippen LogP contribution >= 0.6 is 0 Å².